The van der Waals surface area contributed by atoms with Crippen molar-refractivity contribution in [2.45, 2.75) is 31.7 Å². The first kappa shape index (κ1) is 16.4. The summed E-state index contributed by atoms with van der Waals surface area (Å²) in [5.41, 5.74) is -0.888. The van der Waals surface area contributed by atoms with Crippen molar-refractivity contribution in [2.24, 2.45) is 0 Å². The number of nitrogens with zero attached hydrogens (tertiary/aromatic N) is 3. The van der Waals surface area contributed by atoms with E-state index in [-0.39, 0.29) is 30.2 Å². The number of hydrogen-bond acceptors (Lipinski definition) is 5. The van der Waals surface area contributed by atoms with Crippen LogP contribution in [-0.4, -0.2) is 38.7 Å². The van der Waals surface area contributed by atoms with Crippen LogP contribution in [-0.2, 0) is 6.18 Å². The average Bonchev–Trinajstić information content (AvgIpc) is 3.12. The van der Waals surface area contributed by atoms with Crippen LogP contribution in [0, 0.1) is 6.92 Å². The minimum atomic E-state index is -4.55. The molecular formula is C15H14F3N3O3. The van der Waals surface area contributed by atoms with E-state index in [0.29, 0.717) is 0 Å². The number of carbonyl (C=O) groups is 1. The molecule has 1 aliphatic heterocycles. The second kappa shape index (κ2) is 5.90. The van der Waals surface area contributed by atoms with Crippen LogP contribution in [0.4, 0.5) is 13.2 Å². The van der Waals surface area contributed by atoms with Crippen molar-refractivity contribution in [3.05, 3.63) is 47.1 Å². The predicted molar refractivity (Wildman–Crippen MR) is 74.9 cm³/mol. The average molecular weight is 341 g/mol. The van der Waals surface area contributed by atoms with Gasteiger partial charge in [0.2, 0.25) is 5.89 Å². The Morgan fingerprint density at radius 1 is 1.38 bits per heavy atom. The van der Waals surface area contributed by atoms with Crippen molar-refractivity contribution < 1.29 is 27.6 Å². The van der Waals surface area contributed by atoms with E-state index >= 15 is 0 Å². The SMILES string of the molecule is Cc1nc(C(=O)N2C[C@H](O)C[C@H]2c2ccccc2C(F)(F)F)no1. The molecule has 2 heterocycles. The number of hydrogen-bond donors (Lipinski definition) is 1. The number of rotatable bonds is 2. The number of aliphatic hydroxyl groups excluding tert-OH is 1. The number of aryl methyl sites for hydroxylation is 1. The van der Waals surface area contributed by atoms with Gasteiger partial charge in [0, 0.05) is 13.5 Å². The molecule has 1 saturated heterocycles. The van der Waals surface area contributed by atoms with E-state index in [1.165, 1.54) is 25.1 Å². The first-order valence-electron chi connectivity index (χ1n) is 7.23. The Morgan fingerprint density at radius 3 is 2.71 bits per heavy atom. The summed E-state index contributed by atoms with van der Waals surface area (Å²) < 4.78 is 44.5. The molecule has 0 aliphatic carbocycles. The quantitative estimate of drug-likeness (QED) is 0.907. The largest absolute Gasteiger partial charge is 0.416 e. The molecule has 0 unspecified atom stereocenters. The monoisotopic (exact) mass is 341 g/mol. The van der Waals surface area contributed by atoms with Crippen LogP contribution in [0.3, 0.4) is 0 Å². The van der Waals surface area contributed by atoms with E-state index in [2.05, 4.69) is 10.1 Å². The molecule has 1 N–H and O–H groups in total. The maximum Gasteiger partial charge on any atom is 0.416 e. The lowest BCUT2D eigenvalue weighted by Crippen LogP contribution is -2.33. The van der Waals surface area contributed by atoms with Gasteiger partial charge in [0.1, 0.15) is 0 Å². The van der Waals surface area contributed by atoms with Crippen molar-refractivity contribution >= 4 is 5.91 Å². The molecule has 128 valence electrons. The number of carbonyl (C=O) groups excluding carboxylic acids is 1. The van der Waals surface area contributed by atoms with Crippen molar-refractivity contribution in [3.8, 4) is 0 Å². The zero-order chi connectivity index (χ0) is 17.5. The van der Waals surface area contributed by atoms with Crippen LogP contribution in [0.2, 0.25) is 0 Å². The summed E-state index contributed by atoms with van der Waals surface area (Å²) in [5, 5.41) is 13.4. The highest BCUT2D eigenvalue weighted by Gasteiger charge is 2.42. The van der Waals surface area contributed by atoms with E-state index in [9.17, 15) is 23.1 Å². The zero-order valence-corrected chi connectivity index (χ0v) is 12.6. The molecule has 1 aliphatic rings. The van der Waals surface area contributed by atoms with E-state index in [1.807, 2.05) is 0 Å². The van der Waals surface area contributed by atoms with Crippen LogP contribution in [0.25, 0.3) is 0 Å². The third-order valence-corrected chi connectivity index (χ3v) is 3.88. The molecule has 1 fully saturated rings. The van der Waals surface area contributed by atoms with Crippen LogP contribution in [0.5, 0.6) is 0 Å². The maximum absolute atomic E-state index is 13.2. The summed E-state index contributed by atoms with van der Waals surface area (Å²) in [6.07, 6.45) is -5.47. The van der Waals surface area contributed by atoms with Gasteiger partial charge in [0.25, 0.3) is 11.7 Å². The second-order valence-electron chi connectivity index (χ2n) is 5.58. The van der Waals surface area contributed by atoms with Crippen molar-refractivity contribution in [1.82, 2.24) is 15.0 Å². The zero-order valence-electron chi connectivity index (χ0n) is 12.6. The van der Waals surface area contributed by atoms with Crippen LogP contribution in [0.15, 0.2) is 28.8 Å². The number of β-amino-alcohol motifs (C(OH)–C–C–N with tert-alkyl or cyclic N) is 1. The molecule has 0 radical (unpaired) electrons. The highest BCUT2D eigenvalue weighted by Crippen LogP contribution is 2.40. The Morgan fingerprint density at radius 2 is 2.08 bits per heavy atom. The molecule has 3 rings (SSSR count). The Kier molecular flexibility index (Phi) is 4.04. The van der Waals surface area contributed by atoms with Gasteiger partial charge < -0.3 is 14.5 Å². The number of aromatic nitrogens is 2. The van der Waals surface area contributed by atoms with Crippen LogP contribution >= 0.6 is 0 Å². The highest BCUT2D eigenvalue weighted by molar-refractivity contribution is 5.91. The second-order valence-corrected chi connectivity index (χ2v) is 5.58. The number of amides is 1. The lowest BCUT2D eigenvalue weighted by Gasteiger charge is -2.26. The lowest BCUT2D eigenvalue weighted by molar-refractivity contribution is -0.138. The molecule has 2 atom stereocenters. The molecule has 9 heteroatoms. The molecule has 24 heavy (non-hydrogen) atoms. The summed E-state index contributed by atoms with van der Waals surface area (Å²) in [6, 6.07) is 4.11. The molecule has 1 amide bonds. The normalized spacial score (nSPS) is 21.3. The number of halogens is 3. The first-order valence-corrected chi connectivity index (χ1v) is 7.23. The minimum Gasteiger partial charge on any atom is -0.391 e. The van der Waals surface area contributed by atoms with Gasteiger partial charge in [0.05, 0.1) is 17.7 Å². The van der Waals surface area contributed by atoms with Gasteiger partial charge in [-0.3, -0.25) is 4.79 Å². The van der Waals surface area contributed by atoms with Crippen LogP contribution in [0.1, 0.15) is 40.1 Å². The van der Waals surface area contributed by atoms with Gasteiger partial charge in [-0.05, 0) is 18.1 Å². The van der Waals surface area contributed by atoms with Gasteiger partial charge in [-0.2, -0.15) is 18.2 Å². The maximum atomic E-state index is 13.2. The summed E-state index contributed by atoms with van der Waals surface area (Å²) in [7, 11) is 0. The molecule has 0 saturated carbocycles. The van der Waals surface area contributed by atoms with Gasteiger partial charge in [-0.15, -0.1) is 0 Å². The van der Waals surface area contributed by atoms with Crippen molar-refractivity contribution in [3.63, 3.8) is 0 Å². The van der Waals surface area contributed by atoms with Crippen LogP contribution < -0.4 is 0 Å². The van der Waals surface area contributed by atoms with Crippen molar-refractivity contribution in [1.29, 1.82) is 0 Å². The third kappa shape index (κ3) is 2.99. The fourth-order valence-electron chi connectivity index (χ4n) is 2.89. The number of likely N-dealkylation sites (tertiary alicyclic amines) is 1. The van der Waals surface area contributed by atoms with Crippen molar-refractivity contribution in [2.75, 3.05) is 6.54 Å². The third-order valence-electron chi connectivity index (χ3n) is 3.88. The summed E-state index contributed by atoms with van der Waals surface area (Å²) in [5.74, 6) is -0.744. The van der Waals surface area contributed by atoms with E-state index in [4.69, 9.17) is 4.52 Å². The molecule has 1 aromatic heterocycles. The molecule has 2 aromatic rings. The Balaban J connectivity index is 1.99. The fourth-order valence-corrected chi connectivity index (χ4v) is 2.89. The smallest absolute Gasteiger partial charge is 0.391 e. The Labute approximate surface area is 134 Å². The van der Waals surface area contributed by atoms with E-state index < -0.39 is 29.8 Å². The molecule has 0 bridgehead atoms. The van der Waals surface area contributed by atoms with Gasteiger partial charge in [0.15, 0.2) is 0 Å². The Hall–Kier alpha value is -2.42. The standard InChI is InChI=1S/C15H14F3N3O3/c1-8-19-13(20-24-8)14(23)21-7-9(22)6-12(21)10-4-2-3-5-11(10)15(16,17)18/h2-5,9,12,22H,6-7H2,1H3/t9-,12+/m1/s1. The molecule has 6 nitrogen and oxygen atoms in total. The van der Waals surface area contributed by atoms with E-state index in [1.54, 1.807) is 0 Å². The van der Waals surface area contributed by atoms with E-state index in [0.717, 1.165) is 11.0 Å². The summed E-state index contributed by atoms with van der Waals surface area (Å²) in [6.45, 7) is 1.41. The molecule has 0 spiro atoms. The summed E-state index contributed by atoms with van der Waals surface area (Å²) in [4.78, 5) is 17.5. The number of benzene rings is 1. The molecular weight excluding hydrogens is 327 g/mol. The Bertz CT molecular complexity index is 760. The fraction of sp³-hybridized carbons (Fsp3) is 0.400. The van der Waals surface area contributed by atoms with Gasteiger partial charge in [-0.1, -0.05) is 23.4 Å². The first-order chi connectivity index (χ1) is 11.3. The summed E-state index contributed by atoms with van der Waals surface area (Å²) >= 11 is 0. The number of alkyl halides is 3. The number of aliphatic hydroxyl groups is 1. The highest BCUT2D eigenvalue weighted by atomic mass is 19.4. The predicted octanol–water partition coefficient (Wildman–Crippen LogP) is 2.34. The molecule has 1 aromatic carbocycles. The lowest BCUT2D eigenvalue weighted by atomic mass is 9.97. The van der Waals surface area contributed by atoms with Gasteiger partial charge >= 0.3 is 6.18 Å². The minimum absolute atomic E-state index is 0.00959. The topological polar surface area (TPSA) is 79.5 Å². The van der Waals surface area contributed by atoms with Gasteiger partial charge in [-0.25, -0.2) is 0 Å².